The lowest BCUT2D eigenvalue weighted by atomic mass is 9.99. The van der Waals surface area contributed by atoms with Gasteiger partial charge in [0.15, 0.2) is 5.13 Å². The smallest absolute Gasteiger partial charge is 0.185 e. The van der Waals surface area contributed by atoms with Crippen molar-refractivity contribution in [3.8, 4) is 0 Å². The van der Waals surface area contributed by atoms with Crippen LogP contribution in [-0.4, -0.2) is 23.6 Å². The van der Waals surface area contributed by atoms with Crippen LogP contribution >= 0.6 is 11.3 Å². The van der Waals surface area contributed by atoms with Crippen molar-refractivity contribution in [1.29, 1.82) is 0 Å². The topological polar surface area (TPSA) is 55.0 Å². The van der Waals surface area contributed by atoms with Gasteiger partial charge in [0.2, 0.25) is 0 Å². The molecule has 0 fully saturated rings. The predicted octanol–water partition coefficient (Wildman–Crippen LogP) is 2.55. The molecule has 1 atom stereocenters. The Bertz CT molecular complexity index is 567. The molecule has 3 rings (SSSR count). The Balaban J connectivity index is 1.67. The van der Waals surface area contributed by atoms with E-state index in [-0.39, 0.29) is 6.04 Å². The SMILES string of the molecule is CN(CCc1ccncc1)c1nc2c(s1)CCCC2N. The molecule has 0 saturated carbocycles. The van der Waals surface area contributed by atoms with Crippen LogP contribution in [0.15, 0.2) is 24.5 Å². The molecule has 1 aliphatic rings. The Morgan fingerprint density at radius 3 is 2.95 bits per heavy atom. The summed E-state index contributed by atoms with van der Waals surface area (Å²) in [5.41, 5.74) is 8.59. The number of hydrogen-bond acceptors (Lipinski definition) is 5. The van der Waals surface area contributed by atoms with Crippen molar-refractivity contribution in [2.24, 2.45) is 5.73 Å². The van der Waals surface area contributed by atoms with Gasteiger partial charge >= 0.3 is 0 Å². The number of nitrogens with two attached hydrogens (primary N) is 1. The lowest BCUT2D eigenvalue weighted by Gasteiger charge is -2.16. The Morgan fingerprint density at radius 1 is 1.40 bits per heavy atom. The van der Waals surface area contributed by atoms with E-state index in [1.54, 1.807) is 11.3 Å². The fourth-order valence-corrected chi connectivity index (χ4v) is 3.70. The minimum atomic E-state index is 0.136. The number of aromatic nitrogens is 2. The molecule has 0 aromatic carbocycles. The first-order valence-electron chi connectivity index (χ1n) is 7.09. The molecule has 106 valence electrons. The molecule has 5 heteroatoms. The molecular formula is C15H20N4S. The van der Waals surface area contributed by atoms with Gasteiger partial charge in [-0.1, -0.05) is 0 Å². The summed E-state index contributed by atoms with van der Waals surface area (Å²) in [4.78, 5) is 12.4. The summed E-state index contributed by atoms with van der Waals surface area (Å²) >= 11 is 1.80. The summed E-state index contributed by atoms with van der Waals surface area (Å²) in [6.07, 6.45) is 8.09. The van der Waals surface area contributed by atoms with Gasteiger partial charge in [-0.2, -0.15) is 0 Å². The van der Waals surface area contributed by atoms with Gasteiger partial charge < -0.3 is 10.6 Å². The molecule has 2 N–H and O–H groups in total. The molecule has 4 nitrogen and oxygen atoms in total. The molecule has 0 radical (unpaired) electrons. The average molecular weight is 288 g/mol. The summed E-state index contributed by atoms with van der Waals surface area (Å²) < 4.78 is 0. The highest BCUT2D eigenvalue weighted by molar-refractivity contribution is 7.15. The molecule has 0 aliphatic heterocycles. The third-order valence-electron chi connectivity index (χ3n) is 3.80. The third-order valence-corrected chi connectivity index (χ3v) is 5.04. The number of rotatable bonds is 4. The van der Waals surface area contributed by atoms with Crippen LogP contribution < -0.4 is 10.6 Å². The standard InChI is InChI=1S/C15H20N4S/c1-19(10-7-11-5-8-17-9-6-11)15-18-14-12(16)3-2-4-13(14)20-15/h5-6,8-9,12H,2-4,7,10,16H2,1H3. The third kappa shape index (κ3) is 2.83. The quantitative estimate of drug-likeness (QED) is 0.939. The van der Waals surface area contributed by atoms with Gasteiger partial charge in [0.25, 0.3) is 0 Å². The fraction of sp³-hybridized carbons (Fsp3) is 0.467. The van der Waals surface area contributed by atoms with Crippen molar-refractivity contribution in [2.45, 2.75) is 31.7 Å². The minimum absolute atomic E-state index is 0.136. The van der Waals surface area contributed by atoms with Crippen molar-refractivity contribution in [1.82, 2.24) is 9.97 Å². The van der Waals surface area contributed by atoms with Crippen LogP contribution in [0.3, 0.4) is 0 Å². The highest BCUT2D eigenvalue weighted by Gasteiger charge is 2.22. The van der Waals surface area contributed by atoms with Gasteiger partial charge in [0, 0.05) is 36.9 Å². The van der Waals surface area contributed by atoms with Gasteiger partial charge in [-0.3, -0.25) is 4.98 Å². The largest absolute Gasteiger partial charge is 0.351 e. The van der Waals surface area contributed by atoms with Gasteiger partial charge in [0.05, 0.1) is 5.69 Å². The summed E-state index contributed by atoms with van der Waals surface area (Å²) in [5.74, 6) is 0. The normalized spacial score (nSPS) is 17.8. The summed E-state index contributed by atoms with van der Waals surface area (Å²) in [7, 11) is 2.11. The Labute approximate surface area is 123 Å². The van der Waals surface area contributed by atoms with E-state index in [9.17, 15) is 0 Å². The molecule has 2 aromatic heterocycles. The lowest BCUT2D eigenvalue weighted by molar-refractivity contribution is 0.563. The molecule has 0 amide bonds. The van der Waals surface area contributed by atoms with Gasteiger partial charge in [0.1, 0.15) is 0 Å². The Morgan fingerprint density at radius 2 is 2.20 bits per heavy atom. The molecule has 20 heavy (non-hydrogen) atoms. The number of anilines is 1. The maximum atomic E-state index is 6.14. The second kappa shape index (κ2) is 5.89. The first-order valence-corrected chi connectivity index (χ1v) is 7.91. The maximum Gasteiger partial charge on any atom is 0.185 e. The second-order valence-electron chi connectivity index (χ2n) is 5.33. The lowest BCUT2D eigenvalue weighted by Crippen LogP contribution is -2.21. The van der Waals surface area contributed by atoms with E-state index < -0.39 is 0 Å². The second-order valence-corrected chi connectivity index (χ2v) is 6.39. The molecule has 0 bridgehead atoms. The van der Waals surface area contributed by atoms with Gasteiger partial charge in [-0.25, -0.2) is 4.98 Å². The van der Waals surface area contributed by atoms with E-state index >= 15 is 0 Å². The number of thiazole rings is 1. The van der Waals surface area contributed by atoms with Crippen LogP contribution in [-0.2, 0) is 12.8 Å². The fourth-order valence-electron chi connectivity index (χ4n) is 2.54. The predicted molar refractivity (Wildman–Crippen MR) is 83.2 cm³/mol. The summed E-state index contributed by atoms with van der Waals surface area (Å²) in [5, 5.41) is 1.10. The molecule has 2 aromatic rings. The van der Waals surface area contributed by atoms with E-state index in [0.717, 1.165) is 36.6 Å². The van der Waals surface area contributed by atoms with Crippen LogP contribution in [0.25, 0.3) is 0 Å². The van der Waals surface area contributed by atoms with Crippen LogP contribution in [0, 0.1) is 0 Å². The average Bonchev–Trinajstić information content (AvgIpc) is 2.91. The number of hydrogen-bond donors (Lipinski definition) is 1. The zero-order valence-corrected chi connectivity index (χ0v) is 12.6. The van der Waals surface area contributed by atoms with Crippen LogP contribution in [0.1, 0.15) is 35.0 Å². The van der Waals surface area contributed by atoms with Crippen molar-refractivity contribution in [3.05, 3.63) is 40.7 Å². The maximum absolute atomic E-state index is 6.14. The number of nitrogens with zero attached hydrogens (tertiary/aromatic N) is 3. The van der Waals surface area contributed by atoms with E-state index in [4.69, 9.17) is 10.7 Å². The highest BCUT2D eigenvalue weighted by atomic mass is 32.1. The van der Waals surface area contributed by atoms with Crippen LogP contribution in [0.5, 0.6) is 0 Å². The molecule has 1 aliphatic carbocycles. The van der Waals surface area contributed by atoms with Crippen molar-refractivity contribution < 1.29 is 0 Å². The van der Waals surface area contributed by atoms with Crippen LogP contribution in [0.2, 0.25) is 0 Å². The van der Waals surface area contributed by atoms with Gasteiger partial charge in [-0.15, -0.1) is 11.3 Å². The van der Waals surface area contributed by atoms with E-state index in [0.29, 0.717) is 0 Å². The number of aryl methyl sites for hydroxylation is 1. The van der Waals surface area contributed by atoms with E-state index in [2.05, 4.69) is 29.1 Å². The van der Waals surface area contributed by atoms with Crippen LogP contribution in [0.4, 0.5) is 5.13 Å². The summed E-state index contributed by atoms with van der Waals surface area (Å²) in [6, 6.07) is 4.27. The zero-order chi connectivity index (χ0) is 13.9. The number of likely N-dealkylation sites (N-methyl/N-ethyl adjacent to an activating group) is 1. The molecule has 2 heterocycles. The minimum Gasteiger partial charge on any atom is -0.351 e. The summed E-state index contributed by atoms with van der Waals surface area (Å²) in [6.45, 7) is 0.964. The van der Waals surface area contributed by atoms with E-state index in [1.807, 2.05) is 12.4 Å². The monoisotopic (exact) mass is 288 g/mol. The molecular weight excluding hydrogens is 268 g/mol. The van der Waals surface area contributed by atoms with Gasteiger partial charge in [-0.05, 0) is 43.4 Å². The number of fused-ring (bicyclic) bond motifs is 1. The van der Waals surface area contributed by atoms with E-state index in [1.165, 1.54) is 16.9 Å². The zero-order valence-electron chi connectivity index (χ0n) is 11.7. The Kier molecular flexibility index (Phi) is 3.98. The number of pyridine rings is 1. The first-order chi connectivity index (χ1) is 9.74. The van der Waals surface area contributed by atoms with Crippen molar-refractivity contribution >= 4 is 16.5 Å². The molecule has 0 saturated heterocycles. The first kappa shape index (κ1) is 13.5. The Hall–Kier alpha value is -1.46. The van der Waals surface area contributed by atoms with Crippen molar-refractivity contribution in [3.63, 3.8) is 0 Å². The van der Waals surface area contributed by atoms with Crippen molar-refractivity contribution in [2.75, 3.05) is 18.5 Å². The highest BCUT2D eigenvalue weighted by Crippen LogP contribution is 2.35. The molecule has 0 spiro atoms. The molecule has 1 unspecified atom stereocenters.